The zero-order valence-electron chi connectivity index (χ0n) is 22.8. The monoisotopic (exact) mass is 479 g/mol. The van der Waals surface area contributed by atoms with E-state index in [9.17, 15) is 4.79 Å². The third kappa shape index (κ3) is 5.70. The number of carbonyl (C=O) groups is 1. The summed E-state index contributed by atoms with van der Waals surface area (Å²) >= 11 is 0. The van der Waals surface area contributed by atoms with Crippen molar-refractivity contribution in [3.05, 3.63) is 12.2 Å². The molecule has 3 rings (SSSR count). The Labute approximate surface area is 203 Å². The maximum atomic E-state index is 13.6. The summed E-state index contributed by atoms with van der Waals surface area (Å²) in [5.74, 6) is 0.574. The number of hydrogen-bond acceptors (Lipinski definition) is 4. The van der Waals surface area contributed by atoms with Gasteiger partial charge in [-0.05, 0) is 96.2 Å². The van der Waals surface area contributed by atoms with Gasteiger partial charge in [0.1, 0.15) is 5.60 Å². The van der Waals surface area contributed by atoms with Gasteiger partial charge in [-0.15, -0.1) is 0 Å². The lowest BCUT2D eigenvalue weighted by atomic mass is 9.80. The van der Waals surface area contributed by atoms with Gasteiger partial charge in [-0.25, -0.2) is 4.79 Å². The largest absolute Gasteiger partial charge is 0.444 e. The van der Waals surface area contributed by atoms with Crippen LogP contribution in [0, 0.1) is 5.92 Å². The van der Waals surface area contributed by atoms with E-state index in [2.05, 4.69) is 50.9 Å². The van der Waals surface area contributed by atoms with Crippen molar-refractivity contribution in [3.63, 3.8) is 0 Å². The van der Waals surface area contributed by atoms with E-state index in [1.165, 1.54) is 0 Å². The van der Waals surface area contributed by atoms with Crippen molar-refractivity contribution in [2.75, 3.05) is 13.7 Å². The molecule has 33 heavy (non-hydrogen) atoms. The van der Waals surface area contributed by atoms with E-state index in [4.69, 9.17) is 13.9 Å². The SMILES string of the molecule is CO[C@H]1CC[C@H](C=CC23CCC(CO[Si](C)(C)C(C)(C)C)(CC2)N3C(=O)OC(C)(C)C)CC1. The molecule has 3 aliphatic rings. The van der Waals surface area contributed by atoms with E-state index in [1.54, 1.807) is 0 Å². The summed E-state index contributed by atoms with van der Waals surface area (Å²) < 4.78 is 18.2. The van der Waals surface area contributed by atoms with Gasteiger partial charge in [0.25, 0.3) is 0 Å². The highest BCUT2D eigenvalue weighted by Crippen LogP contribution is 2.55. The molecule has 0 N–H and O–H groups in total. The van der Waals surface area contributed by atoms with Crippen LogP contribution in [-0.4, -0.2) is 55.8 Å². The van der Waals surface area contributed by atoms with E-state index < -0.39 is 13.9 Å². The van der Waals surface area contributed by atoms with Crippen molar-refractivity contribution in [2.45, 2.75) is 134 Å². The summed E-state index contributed by atoms with van der Waals surface area (Å²) in [7, 11) is -0.0965. The van der Waals surface area contributed by atoms with Crippen LogP contribution >= 0.6 is 0 Å². The Hall–Kier alpha value is -0.853. The molecule has 190 valence electrons. The lowest BCUT2D eigenvalue weighted by Crippen LogP contribution is -2.55. The van der Waals surface area contributed by atoms with Crippen LogP contribution in [0.5, 0.6) is 0 Å². The smallest absolute Gasteiger partial charge is 0.411 e. The minimum atomic E-state index is -1.92. The molecule has 2 aliphatic heterocycles. The van der Waals surface area contributed by atoms with Gasteiger partial charge in [-0.2, -0.15) is 0 Å². The number of allylic oxidation sites excluding steroid dienone is 1. The number of nitrogens with zero attached hydrogens (tertiary/aromatic N) is 1. The molecule has 0 atom stereocenters. The van der Waals surface area contributed by atoms with Gasteiger partial charge in [-0.1, -0.05) is 32.9 Å². The van der Waals surface area contributed by atoms with Gasteiger partial charge < -0.3 is 13.9 Å². The first-order chi connectivity index (χ1) is 15.1. The van der Waals surface area contributed by atoms with Crippen LogP contribution in [0.4, 0.5) is 4.79 Å². The first-order valence-corrected chi connectivity index (χ1v) is 15.9. The van der Waals surface area contributed by atoms with E-state index in [-0.39, 0.29) is 22.2 Å². The van der Waals surface area contributed by atoms with E-state index >= 15 is 0 Å². The van der Waals surface area contributed by atoms with Crippen LogP contribution in [0.2, 0.25) is 18.1 Å². The maximum Gasteiger partial charge on any atom is 0.411 e. The first kappa shape index (κ1) is 26.7. The van der Waals surface area contributed by atoms with Gasteiger partial charge in [0, 0.05) is 7.11 Å². The standard InChI is InChI=1S/C27H49NO4Si/c1-24(2,3)32-23(29)28-26(15-14-21-10-12-22(30-7)13-11-21)16-18-27(28,19-17-26)20-31-33(8,9)25(4,5)6/h14-15,21-22H,10-13,16-20H2,1-9H3/t21-,22-,26?,27?. The fourth-order valence-corrected chi connectivity index (χ4v) is 6.63. The summed E-state index contributed by atoms with van der Waals surface area (Å²) in [6.45, 7) is 17.9. The Balaban J connectivity index is 1.82. The first-order valence-electron chi connectivity index (χ1n) is 13.0. The maximum absolute atomic E-state index is 13.6. The number of carbonyl (C=O) groups excluding carboxylic acids is 1. The van der Waals surface area contributed by atoms with Crippen LogP contribution in [0.15, 0.2) is 12.2 Å². The summed E-state index contributed by atoms with van der Waals surface area (Å²) in [6.07, 6.45) is 13.5. The molecule has 2 saturated heterocycles. The Bertz CT molecular complexity index is 717. The van der Waals surface area contributed by atoms with Gasteiger partial charge in [-0.3, -0.25) is 4.90 Å². The Morgan fingerprint density at radius 3 is 2.06 bits per heavy atom. The number of amides is 1. The molecule has 2 bridgehead atoms. The predicted octanol–water partition coefficient (Wildman–Crippen LogP) is 7.07. The summed E-state index contributed by atoms with van der Waals surface area (Å²) in [5.41, 5.74) is -1.00. The minimum absolute atomic E-state index is 0.148. The number of methoxy groups -OCH3 is 1. The van der Waals surface area contributed by atoms with Crippen LogP contribution in [0.3, 0.4) is 0 Å². The second kappa shape index (κ2) is 9.31. The highest BCUT2D eigenvalue weighted by molar-refractivity contribution is 6.74. The molecule has 5 nitrogen and oxygen atoms in total. The van der Waals surface area contributed by atoms with E-state index in [0.29, 0.717) is 18.6 Å². The molecule has 2 heterocycles. The lowest BCUT2D eigenvalue weighted by Gasteiger charge is -2.43. The molecule has 0 unspecified atom stereocenters. The molecular formula is C27H49NO4Si. The van der Waals surface area contributed by atoms with E-state index in [1.807, 2.05) is 27.9 Å². The molecule has 1 amide bonds. The average molecular weight is 480 g/mol. The Morgan fingerprint density at radius 2 is 1.58 bits per heavy atom. The van der Waals surface area contributed by atoms with Crippen LogP contribution < -0.4 is 0 Å². The predicted molar refractivity (Wildman–Crippen MR) is 137 cm³/mol. The molecule has 0 spiro atoms. The molecule has 3 fully saturated rings. The van der Waals surface area contributed by atoms with E-state index in [0.717, 1.165) is 51.4 Å². The van der Waals surface area contributed by atoms with Crippen LogP contribution in [0.25, 0.3) is 0 Å². The van der Waals surface area contributed by atoms with Gasteiger partial charge in [0.2, 0.25) is 0 Å². The molecule has 0 aromatic carbocycles. The topological polar surface area (TPSA) is 48.0 Å². The zero-order valence-corrected chi connectivity index (χ0v) is 23.8. The van der Waals surface area contributed by atoms with Gasteiger partial charge >= 0.3 is 6.09 Å². The van der Waals surface area contributed by atoms with Crippen LogP contribution in [-0.2, 0) is 13.9 Å². The molecule has 0 radical (unpaired) electrons. The Morgan fingerprint density at radius 1 is 1.00 bits per heavy atom. The Kier molecular flexibility index (Phi) is 7.54. The fraction of sp³-hybridized carbons (Fsp3) is 0.889. The summed E-state index contributed by atoms with van der Waals surface area (Å²) in [4.78, 5) is 15.7. The number of hydrogen-bond donors (Lipinski definition) is 0. The third-order valence-corrected chi connectivity index (χ3v) is 13.3. The second-order valence-electron chi connectivity index (χ2n) is 13.3. The molecule has 0 aromatic heterocycles. The third-order valence-electron chi connectivity index (χ3n) is 8.78. The fourth-order valence-electron chi connectivity index (χ4n) is 5.56. The van der Waals surface area contributed by atoms with Crippen molar-refractivity contribution in [2.24, 2.45) is 5.92 Å². The van der Waals surface area contributed by atoms with Crippen molar-refractivity contribution in [1.29, 1.82) is 0 Å². The quantitative estimate of drug-likeness (QED) is 0.302. The summed E-state index contributed by atoms with van der Waals surface area (Å²) in [6, 6.07) is 0. The second-order valence-corrected chi connectivity index (χ2v) is 18.1. The highest BCUT2D eigenvalue weighted by Gasteiger charge is 2.63. The minimum Gasteiger partial charge on any atom is -0.444 e. The van der Waals surface area contributed by atoms with Crippen molar-refractivity contribution < 1.29 is 18.7 Å². The molecule has 1 saturated carbocycles. The van der Waals surface area contributed by atoms with Crippen molar-refractivity contribution >= 4 is 14.4 Å². The molecule has 6 heteroatoms. The zero-order chi connectivity index (χ0) is 24.7. The lowest BCUT2D eigenvalue weighted by molar-refractivity contribution is -0.00686. The summed E-state index contributed by atoms with van der Waals surface area (Å²) in [5, 5.41) is 0.148. The normalized spacial score (nSPS) is 33.2. The number of ether oxygens (including phenoxy) is 2. The number of fused-ring (bicyclic) bond motifs is 2. The van der Waals surface area contributed by atoms with Gasteiger partial charge in [0.15, 0.2) is 8.32 Å². The average Bonchev–Trinajstić information content (AvgIpc) is 3.20. The molecular weight excluding hydrogens is 430 g/mol. The van der Waals surface area contributed by atoms with Crippen molar-refractivity contribution in [3.8, 4) is 0 Å². The van der Waals surface area contributed by atoms with Crippen LogP contribution in [0.1, 0.15) is 92.9 Å². The van der Waals surface area contributed by atoms with Crippen molar-refractivity contribution in [1.82, 2.24) is 4.90 Å². The highest BCUT2D eigenvalue weighted by atomic mass is 28.4. The molecule has 0 aromatic rings. The number of rotatable bonds is 6. The van der Waals surface area contributed by atoms with Gasteiger partial charge in [0.05, 0.1) is 23.8 Å². The molecule has 1 aliphatic carbocycles.